The molecule has 0 spiro atoms. The Hall–Kier alpha value is -3.24. The number of hydrogen-bond donors (Lipinski definition) is 1. The molecule has 0 saturated carbocycles. The molecular weight excluding hydrogens is 464 g/mol. The topological polar surface area (TPSA) is 113 Å². The first-order valence-electron chi connectivity index (χ1n) is 12.3. The molecule has 0 aliphatic rings. The van der Waals surface area contributed by atoms with Crippen molar-refractivity contribution in [1.29, 1.82) is 0 Å². The van der Waals surface area contributed by atoms with Gasteiger partial charge in [0.1, 0.15) is 30.5 Å². The minimum absolute atomic E-state index is 0.0807. The number of hydrogen-bond acceptors (Lipinski definition) is 9. The Morgan fingerprint density at radius 2 is 1.22 bits per heavy atom. The number of rotatable bonds is 15. The second kappa shape index (κ2) is 17.2. The molecule has 2 rings (SSSR count). The van der Waals surface area contributed by atoms with Gasteiger partial charge in [-0.05, 0) is 50.4 Å². The maximum absolute atomic E-state index is 10.9. The molecule has 0 unspecified atom stereocenters. The number of benzene rings is 2. The second-order valence-corrected chi connectivity index (χ2v) is 7.75. The minimum atomic E-state index is -0.476. The SMILES string of the molecule is CCN(CC)CCOc1ccc(OC)c(N)c1.CCN(CC)CCOc1ccc(OC)c([N+](=O)[O-])c1. The van der Waals surface area contributed by atoms with Crippen LogP contribution in [0.2, 0.25) is 0 Å². The molecule has 10 heteroatoms. The maximum atomic E-state index is 10.9. The van der Waals surface area contributed by atoms with Gasteiger partial charge in [0, 0.05) is 19.2 Å². The summed E-state index contributed by atoms with van der Waals surface area (Å²) in [6, 6.07) is 10.1. The van der Waals surface area contributed by atoms with Crippen LogP contribution < -0.4 is 24.7 Å². The van der Waals surface area contributed by atoms with E-state index in [-0.39, 0.29) is 11.4 Å². The predicted octanol–water partition coefficient (Wildman–Crippen LogP) is 4.32. The van der Waals surface area contributed by atoms with E-state index in [1.165, 1.54) is 13.2 Å². The summed E-state index contributed by atoms with van der Waals surface area (Å²) in [5.41, 5.74) is 6.32. The largest absolute Gasteiger partial charge is 0.495 e. The summed E-state index contributed by atoms with van der Waals surface area (Å²) in [6.45, 7) is 15.4. The lowest BCUT2D eigenvalue weighted by atomic mass is 10.3. The van der Waals surface area contributed by atoms with E-state index in [9.17, 15) is 10.1 Å². The molecule has 0 heterocycles. The van der Waals surface area contributed by atoms with Crippen LogP contribution in [0.4, 0.5) is 11.4 Å². The summed E-state index contributed by atoms with van der Waals surface area (Å²) in [7, 11) is 3.01. The van der Waals surface area contributed by atoms with Crippen LogP contribution in [-0.4, -0.2) is 81.4 Å². The average Bonchev–Trinajstić information content (AvgIpc) is 2.89. The van der Waals surface area contributed by atoms with Gasteiger partial charge in [-0.2, -0.15) is 0 Å². The highest BCUT2D eigenvalue weighted by atomic mass is 16.6. The molecule has 0 aliphatic carbocycles. The van der Waals surface area contributed by atoms with E-state index in [0.29, 0.717) is 30.4 Å². The summed E-state index contributed by atoms with van der Waals surface area (Å²) >= 11 is 0. The van der Waals surface area contributed by atoms with Crippen molar-refractivity contribution in [3.63, 3.8) is 0 Å². The van der Waals surface area contributed by atoms with Gasteiger partial charge in [0.15, 0.2) is 5.75 Å². The third-order valence-corrected chi connectivity index (χ3v) is 5.69. The van der Waals surface area contributed by atoms with Crippen LogP contribution in [0.25, 0.3) is 0 Å². The highest BCUT2D eigenvalue weighted by molar-refractivity contribution is 5.56. The van der Waals surface area contributed by atoms with Gasteiger partial charge in [0.05, 0.1) is 30.9 Å². The molecule has 0 saturated heterocycles. The van der Waals surface area contributed by atoms with E-state index in [4.69, 9.17) is 24.7 Å². The van der Waals surface area contributed by atoms with Crippen molar-refractivity contribution in [3.8, 4) is 23.0 Å². The third-order valence-electron chi connectivity index (χ3n) is 5.69. The van der Waals surface area contributed by atoms with Crippen LogP contribution in [0.15, 0.2) is 36.4 Å². The molecular formula is C26H42N4O6. The van der Waals surface area contributed by atoms with Gasteiger partial charge in [0.2, 0.25) is 0 Å². The second-order valence-electron chi connectivity index (χ2n) is 7.75. The Morgan fingerprint density at radius 1 is 0.778 bits per heavy atom. The Labute approximate surface area is 215 Å². The zero-order chi connectivity index (χ0) is 26.9. The van der Waals surface area contributed by atoms with Crippen LogP contribution in [0.3, 0.4) is 0 Å². The van der Waals surface area contributed by atoms with E-state index in [1.807, 2.05) is 12.1 Å². The first-order valence-corrected chi connectivity index (χ1v) is 12.3. The first kappa shape index (κ1) is 30.8. The fraction of sp³-hybridized carbons (Fsp3) is 0.538. The van der Waals surface area contributed by atoms with Gasteiger partial charge in [-0.3, -0.25) is 10.1 Å². The summed E-state index contributed by atoms with van der Waals surface area (Å²) in [5, 5.41) is 10.9. The zero-order valence-corrected chi connectivity index (χ0v) is 22.5. The smallest absolute Gasteiger partial charge is 0.314 e. The van der Waals surface area contributed by atoms with E-state index in [2.05, 4.69) is 37.5 Å². The molecule has 0 radical (unpaired) electrons. The Kier molecular flexibility index (Phi) is 14.7. The fourth-order valence-electron chi connectivity index (χ4n) is 3.37. The Bertz CT molecular complexity index is 904. The van der Waals surface area contributed by atoms with Gasteiger partial charge in [-0.15, -0.1) is 0 Å². The van der Waals surface area contributed by atoms with Gasteiger partial charge in [0.25, 0.3) is 0 Å². The maximum Gasteiger partial charge on any atom is 0.314 e. The summed E-state index contributed by atoms with van der Waals surface area (Å²) in [5.74, 6) is 2.19. The zero-order valence-electron chi connectivity index (χ0n) is 22.5. The normalized spacial score (nSPS) is 10.6. The number of nitrogens with zero attached hydrogens (tertiary/aromatic N) is 3. The monoisotopic (exact) mass is 506 g/mol. The van der Waals surface area contributed by atoms with Gasteiger partial charge >= 0.3 is 5.69 Å². The summed E-state index contributed by atoms with van der Waals surface area (Å²) in [4.78, 5) is 14.9. The molecule has 2 N–H and O–H groups in total. The number of nitrogens with two attached hydrogens (primary N) is 1. The molecule has 202 valence electrons. The fourth-order valence-corrected chi connectivity index (χ4v) is 3.37. The van der Waals surface area contributed by atoms with Crippen LogP contribution in [-0.2, 0) is 0 Å². The van der Waals surface area contributed by atoms with Gasteiger partial charge in [-0.25, -0.2) is 0 Å². The van der Waals surface area contributed by atoms with Crippen molar-refractivity contribution < 1.29 is 23.9 Å². The third kappa shape index (κ3) is 10.6. The highest BCUT2D eigenvalue weighted by Crippen LogP contribution is 2.30. The van der Waals surface area contributed by atoms with Crippen LogP contribution in [0.5, 0.6) is 23.0 Å². The minimum Gasteiger partial charge on any atom is -0.495 e. The summed E-state index contributed by atoms with van der Waals surface area (Å²) < 4.78 is 21.2. The van der Waals surface area contributed by atoms with E-state index in [1.54, 1.807) is 25.3 Å². The number of nitro groups is 1. The van der Waals surface area contributed by atoms with Crippen molar-refractivity contribution in [1.82, 2.24) is 9.80 Å². The van der Waals surface area contributed by atoms with Crippen molar-refractivity contribution >= 4 is 11.4 Å². The predicted molar refractivity (Wildman–Crippen MR) is 144 cm³/mol. The van der Waals surface area contributed by atoms with Crippen molar-refractivity contribution in [3.05, 3.63) is 46.5 Å². The molecule has 2 aromatic carbocycles. The average molecular weight is 507 g/mol. The van der Waals surface area contributed by atoms with Crippen LogP contribution in [0.1, 0.15) is 27.7 Å². The number of nitro benzene ring substituents is 1. The van der Waals surface area contributed by atoms with E-state index in [0.717, 1.165) is 45.0 Å². The van der Waals surface area contributed by atoms with Gasteiger partial charge < -0.3 is 34.5 Å². The van der Waals surface area contributed by atoms with Crippen molar-refractivity contribution in [2.24, 2.45) is 0 Å². The number of likely N-dealkylation sites (N-methyl/N-ethyl adjacent to an activating group) is 2. The Balaban J connectivity index is 0.000000362. The van der Waals surface area contributed by atoms with Crippen molar-refractivity contribution in [2.45, 2.75) is 27.7 Å². The molecule has 0 amide bonds. The van der Waals surface area contributed by atoms with Gasteiger partial charge in [-0.1, -0.05) is 27.7 Å². The summed E-state index contributed by atoms with van der Waals surface area (Å²) in [6.07, 6.45) is 0. The number of ether oxygens (including phenoxy) is 4. The quantitative estimate of drug-likeness (QED) is 0.214. The first-order chi connectivity index (χ1) is 17.3. The lowest BCUT2D eigenvalue weighted by Crippen LogP contribution is -2.27. The molecule has 0 bridgehead atoms. The standard InChI is InChI=1S/C13H20N2O4.C13H22N2O2/c1-4-14(5-2)8-9-19-11-6-7-13(18-3)12(10-11)15(16)17;1-4-15(5-2)8-9-17-11-6-7-13(16-3)12(14)10-11/h6-7,10H,4-5,8-9H2,1-3H3;6-7,10H,4-5,8-9,14H2,1-3H3. The molecule has 2 aromatic rings. The van der Waals surface area contributed by atoms with Crippen LogP contribution in [0, 0.1) is 10.1 Å². The lowest BCUT2D eigenvalue weighted by Gasteiger charge is -2.18. The Morgan fingerprint density at radius 3 is 1.61 bits per heavy atom. The number of methoxy groups -OCH3 is 2. The molecule has 10 nitrogen and oxygen atoms in total. The molecule has 0 fully saturated rings. The molecule has 0 aliphatic heterocycles. The van der Waals surface area contributed by atoms with Crippen LogP contribution >= 0.6 is 0 Å². The number of nitrogen functional groups attached to an aromatic ring is 1. The number of anilines is 1. The molecule has 0 atom stereocenters. The molecule has 36 heavy (non-hydrogen) atoms. The molecule has 0 aromatic heterocycles. The van der Waals surface area contributed by atoms with Crippen molar-refractivity contribution in [2.75, 3.05) is 72.4 Å². The lowest BCUT2D eigenvalue weighted by molar-refractivity contribution is -0.385. The highest BCUT2D eigenvalue weighted by Gasteiger charge is 2.15. The van der Waals surface area contributed by atoms with E-state index < -0.39 is 4.92 Å². The van der Waals surface area contributed by atoms with E-state index >= 15 is 0 Å².